The Morgan fingerprint density at radius 2 is 2.06 bits per heavy atom. The first-order valence-corrected chi connectivity index (χ1v) is 11.0. The predicted molar refractivity (Wildman–Crippen MR) is 118 cm³/mol. The number of hydrogen-bond donors (Lipinski definition) is 1. The third-order valence-corrected chi connectivity index (χ3v) is 4.81. The Kier molecular flexibility index (Phi) is 10.1. The Labute approximate surface area is 188 Å². The minimum Gasteiger partial charge on any atom is -0.466 e. The van der Waals surface area contributed by atoms with Crippen molar-refractivity contribution < 1.29 is 9.53 Å². The van der Waals surface area contributed by atoms with Gasteiger partial charge < -0.3 is 10.1 Å². The van der Waals surface area contributed by atoms with E-state index in [1.54, 1.807) is 11.6 Å². The number of esters is 1. The second kappa shape index (κ2) is 12.8. The van der Waals surface area contributed by atoms with E-state index in [0.717, 1.165) is 37.1 Å². The fourth-order valence-electron chi connectivity index (χ4n) is 3.06. The van der Waals surface area contributed by atoms with E-state index >= 15 is 0 Å². The number of aryl methyl sites for hydroxylation is 1. The van der Waals surface area contributed by atoms with E-state index in [4.69, 9.17) is 10.3 Å². The monoisotopic (exact) mass is 446 g/mol. The number of ether oxygens (including phenoxy) is 1. The molecule has 0 bridgehead atoms. The molecule has 32 heavy (non-hydrogen) atoms. The van der Waals surface area contributed by atoms with Crippen LogP contribution in [0.5, 0.6) is 0 Å². The van der Waals surface area contributed by atoms with Crippen LogP contribution < -0.4 is 5.32 Å². The summed E-state index contributed by atoms with van der Waals surface area (Å²) in [5.74, 6) is -0.161. The van der Waals surface area contributed by atoms with Crippen molar-refractivity contribution in [3.8, 4) is 0 Å². The van der Waals surface area contributed by atoms with Gasteiger partial charge in [-0.1, -0.05) is 15.5 Å². The van der Waals surface area contributed by atoms with Crippen molar-refractivity contribution in [1.29, 1.82) is 0 Å². The smallest absolute Gasteiger partial charge is 0.305 e. The number of azide groups is 1. The Balaban J connectivity index is 1.89. The molecule has 12 heteroatoms. The molecule has 1 unspecified atom stereocenters. The maximum Gasteiger partial charge on any atom is 0.305 e. The molecule has 0 aliphatic rings. The molecule has 2 rings (SSSR count). The number of rotatable bonds is 14. The van der Waals surface area contributed by atoms with E-state index in [1.807, 2.05) is 17.1 Å². The quantitative estimate of drug-likeness (QED) is 0.154. The number of carbonyl (C=O) groups is 1. The zero-order valence-electron chi connectivity index (χ0n) is 19.4. The molecule has 2 aromatic rings. The van der Waals surface area contributed by atoms with Crippen molar-refractivity contribution in [2.45, 2.75) is 84.5 Å². The molecule has 1 atom stereocenters. The van der Waals surface area contributed by atoms with Crippen molar-refractivity contribution in [1.82, 2.24) is 35.3 Å². The van der Waals surface area contributed by atoms with Crippen LogP contribution in [0.4, 0.5) is 0 Å². The minimum absolute atomic E-state index is 0.0466. The average Bonchev–Trinajstić information content (AvgIpc) is 3.41. The maximum atomic E-state index is 11.4. The third-order valence-electron chi connectivity index (χ3n) is 4.81. The van der Waals surface area contributed by atoms with Crippen LogP contribution in [0, 0.1) is 0 Å². The van der Waals surface area contributed by atoms with Gasteiger partial charge in [-0.05, 0) is 58.9 Å². The Bertz CT molecular complexity index is 879. The number of carbonyl (C=O) groups excluding carboxylic acids is 1. The van der Waals surface area contributed by atoms with E-state index in [0.29, 0.717) is 32.7 Å². The zero-order chi connectivity index (χ0) is 23.4. The second-order valence-corrected chi connectivity index (χ2v) is 8.52. The molecule has 0 spiro atoms. The molecule has 0 amide bonds. The molecule has 1 N–H and O–H groups in total. The first-order chi connectivity index (χ1) is 15.3. The molecule has 0 saturated heterocycles. The van der Waals surface area contributed by atoms with Crippen molar-refractivity contribution in [2.24, 2.45) is 5.11 Å². The number of aromatic nitrogens is 6. The summed E-state index contributed by atoms with van der Waals surface area (Å²) in [5, 5.41) is 24.1. The van der Waals surface area contributed by atoms with E-state index in [1.165, 1.54) is 0 Å². The summed E-state index contributed by atoms with van der Waals surface area (Å²) in [6.45, 7) is 10.1. The molecule has 12 nitrogen and oxygen atoms in total. The molecule has 0 aliphatic heterocycles. The SMILES string of the molecule is CCOC(=O)CCCCn1cc(CNC(CCCN=[N+]=[N-])c2cn(C(C)(C)C)nn2)nn1. The van der Waals surface area contributed by atoms with Gasteiger partial charge in [0.25, 0.3) is 0 Å². The van der Waals surface area contributed by atoms with E-state index in [-0.39, 0.29) is 17.6 Å². The highest BCUT2D eigenvalue weighted by atomic mass is 16.5. The Hall–Kier alpha value is -2.98. The lowest BCUT2D eigenvalue weighted by Gasteiger charge is -2.18. The largest absolute Gasteiger partial charge is 0.466 e. The highest BCUT2D eigenvalue weighted by Crippen LogP contribution is 2.20. The Morgan fingerprint density at radius 3 is 2.75 bits per heavy atom. The van der Waals surface area contributed by atoms with Crippen LogP contribution in [0.3, 0.4) is 0 Å². The third kappa shape index (κ3) is 8.64. The summed E-state index contributed by atoms with van der Waals surface area (Å²) in [5.41, 5.74) is 10.0. The highest BCUT2D eigenvalue weighted by molar-refractivity contribution is 5.69. The van der Waals surface area contributed by atoms with E-state index in [9.17, 15) is 4.79 Å². The molecule has 0 aliphatic carbocycles. The van der Waals surface area contributed by atoms with Gasteiger partial charge in [0.2, 0.25) is 0 Å². The highest BCUT2D eigenvalue weighted by Gasteiger charge is 2.20. The fourth-order valence-corrected chi connectivity index (χ4v) is 3.06. The van der Waals surface area contributed by atoms with Crippen molar-refractivity contribution in [3.63, 3.8) is 0 Å². The van der Waals surface area contributed by atoms with E-state index in [2.05, 4.69) is 56.7 Å². The van der Waals surface area contributed by atoms with Gasteiger partial charge in [-0.2, -0.15) is 0 Å². The average molecular weight is 447 g/mol. The zero-order valence-corrected chi connectivity index (χ0v) is 19.4. The molecule has 176 valence electrons. The normalized spacial score (nSPS) is 12.4. The van der Waals surface area contributed by atoms with Gasteiger partial charge in [0.1, 0.15) is 0 Å². The van der Waals surface area contributed by atoms with Crippen LogP contribution in [-0.4, -0.2) is 49.1 Å². The number of unbranched alkanes of at least 4 members (excludes halogenated alkanes) is 1. The van der Waals surface area contributed by atoms with Crippen LogP contribution in [0.2, 0.25) is 0 Å². The minimum atomic E-state index is -0.161. The number of nitrogens with one attached hydrogen (secondary N) is 1. The van der Waals surface area contributed by atoms with Gasteiger partial charge in [-0.25, -0.2) is 4.68 Å². The van der Waals surface area contributed by atoms with E-state index < -0.39 is 0 Å². The maximum absolute atomic E-state index is 11.4. The number of hydrogen-bond acceptors (Lipinski definition) is 8. The molecule has 0 fully saturated rings. The van der Waals surface area contributed by atoms with Gasteiger partial charge >= 0.3 is 5.97 Å². The van der Waals surface area contributed by atoms with Gasteiger partial charge in [-0.3, -0.25) is 9.48 Å². The summed E-state index contributed by atoms with van der Waals surface area (Å²) >= 11 is 0. The molecular formula is C20H34N10O2. The molecule has 0 saturated carbocycles. The van der Waals surface area contributed by atoms with Crippen molar-refractivity contribution in [3.05, 3.63) is 34.2 Å². The van der Waals surface area contributed by atoms with Gasteiger partial charge in [0, 0.05) is 37.2 Å². The van der Waals surface area contributed by atoms with Crippen LogP contribution in [-0.2, 0) is 28.2 Å². The molecule has 0 aromatic carbocycles. The lowest BCUT2D eigenvalue weighted by molar-refractivity contribution is -0.143. The van der Waals surface area contributed by atoms with Crippen LogP contribution in [0.15, 0.2) is 17.5 Å². The van der Waals surface area contributed by atoms with Crippen molar-refractivity contribution >= 4 is 5.97 Å². The lowest BCUT2D eigenvalue weighted by atomic mass is 10.1. The molecule has 0 radical (unpaired) electrons. The van der Waals surface area contributed by atoms with Crippen molar-refractivity contribution in [2.75, 3.05) is 13.2 Å². The lowest BCUT2D eigenvalue weighted by Crippen LogP contribution is -2.23. The summed E-state index contributed by atoms with van der Waals surface area (Å²) in [6.07, 6.45) is 7.34. The molecule has 2 aromatic heterocycles. The topological polar surface area (TPSA) is 149 Å². The molecular weight excluding hydrogens is 412 g/mol. The van der Waals surface area contributed by atoms with Crippen LogP contribution in [0.25, 0.3) is 10.4 Å². The molecule has 2 heterocycles. The van der Waals surface area contributed by atoms with Gasteiger partial charge in [-0.15, -0.1) is 10.2 Å². The van der Waals surface area contributed by atoms with Gasteiger partial charge in [0.15, 0.2) is 0 Å². The first kappa shape index (κ1) is 25.3. The predicted octanol–water partition coefficient (Wildman–Crippen LogP) is 3.28. The summed E-state index contributed by atoms with van der Waals surface area (Å²) in [7, 11) is 0. The van der Waals surface area contributed by atoms with Crippen LogP contribution in [0.1, 0.15) is 77.2 Å². The van der Waals surface area contributed by atoms with Gasteiger partial charge in [0.05, 0.1) is 35.8 Å². The van der Waals surface area contributed by atoms with Crippen LogP contribution >= 0.6 is 0 Å². The number of nitrogens with zero attached hydrogens (tertiary/aromatic N) is 9. The summed E-state index contributed by atoms with van der Waals surface area (Å²) in [4.78, 5) is 14.2. The fraction of sp³-hybridized carbons (Fsp3) is 0.750. The second-order valence-electron chi connectivity index (χ2n) is 8.52. The first-order valence-electron chi connectivity index (χ1n) is 11.0. The summed E-state index contributed by atoms with van der Waals surface area (Å²) in [6, 6.07) is -0.0466. The standard InChI is InChI=1S/C20H34N10O2/c1-5-32-19(31)10-6-7-12-29-14-16(24-27-29)13-22-17(9-8-11-23-26-21)18-15-30(28-25-18)20(2,3)4/h14-15,17,22H,5-13H2,1-4H3. The Morgan fingerprint density at radius 1 is 1.25 bits per heavy atom. The summed E-state index contributed by atoms with van der Waals surface area (Å²) < 4.78 is 8.56.